The molecule has 96 valence electrons. The van der Waals surface area contributed by atoms with Crippen molar-refractivity contribution < 1.29 is 23.0 Å². The lowest BCUT2D eigenvalue weighted by molar-refractivity contribution is -0.136. The maximum atomic E-state index is 12.0. The summed E-state index contributed by atoms with van der Waals surface area (Å²) in [5.41, 5.74) is 6.06. The zero-order valence-corrected chi connectivity index (χ0v) is 9.29. The van der Waals surface area contributed by atoms with Crippen LogP contribution in [0.1, 0.15) is 24.4 Å². The van der Waals surface area contributed by atoms with Crippen LogP contribution in [-0.2, 0) is 0 Å². The first-order valence-corrected chi connectivity index (χ1v) is 5.02. The molecule has 0 heterocycles. The third-order valence-corrected chi connectivity index (χ3v) is 2.37. The maximum absolute atomic E-state index is 12.0. The fourth-order valence-electron chi connectivity index (χ4n) is 1.42. The monoisotopic (exact) mass is 249 g/mol. The smallest absolute Gasteiger partial charge is 0.389 e. The highest BCUT2D eigenvalue weighted by Crippen LogP contribution is 2.31. The van der Waals surface area contributed by atoms with E-state index in [2.05, 4.69) is 0 Å². The second kappa shape index (κ2) is 5.27. The Labute approximate surface area is 97.0 Å². The standard InChI is InChI=1S/C11H14F3NO2/c1-17-10-3-2-7(6-9(10)16)8(15)4-5-11(12,13)14/h2-3,6,8,16H,4-5,15H2,1H3/t8-/m0/s1. The Bertz CT molecular complexity index is 379. The molecular weight excluding hydrogens is 235 g/mol. The van der Waals surface area contributed by atoms with E-state index in [-0.39, 0.29) is 17.9 Å². The molecule has 1 aromatic carbocycles. The third-order valence-electron chi connectivity index (χ3n) is 2.37. The van der Waals surface area contributed by atoms with Gasteiger partial charge >= 0.3 is 6.18 Å². The molecule has 0 spiro atoms. The lowest BCUT2D eigenvalue weighted by Crippen LogP contribution is -2.15. The molecular formula is C11H14F3NO2. The van der Waals surface area contributed by atoms with Gasteiger partial charge in [0.2, 0.25) is 0 Å². The molecule has 0 saturated heterocycles. The lowest BCUT2D eigenvalue weighted by atomic mass is 10.0. The van der Waals surface area contributed by atoms with E-state index in [1.165, 1.54) is 19.2 Å². The number of rotatable bonds is 4. The van der Waals surface area contributed by atoms with Gasteiger partial charge in [-0.2, -0.15) is 13.2 Å². The van der Waals surface area contributed by atoms with Crippen molar-refractivity contribution in [3.63, 3.8) is 0 Å². The Kier molecular flexibility index (Phi) is 4.22. The summed E-state index contributed by atoms with van der Waals surface area (Å²) in [6, 6.07) is 3.57. The number of ether oxygens (including phenoxy) is 1. The van der Waals surface area contributed by atoms with Crippen LogP contribution in [0.5, 0.6) is 11.5 Å². The molecule has 0 unspecified atom stereocenters. The highest BCUT2D eigenvalue weighted by molar-refractivity contribution is 5.42. The molecule has 0 aliphatic heterocycles. The SMILES string of the molecule is COc1ccc([C@@H](N)CCC(F)(F)F)cc1O. The second-order valence-electron chi connectivity index (χ2n) is 3.69. The van der Waals surface area contributed by atoms with Gasteiger partial charge < -0.3 is 15.6 Å². The Morgan fingerprint density at radius 1 is 1.41 bits per heavy atom. The van der Waals surface area contributed by atoms with E-state index in [0.717, 1.165) is 0 Å². The first-order valence-electron chi connectivity index (χ1n) is 5.02. The van der Waals surface area contributed by atoms with E-state index in [1.807, 2.05) is 0 Å². The van der Waals surface area contributed by atoms with Crippen LogP contribution in [-0.4, -0.2) is 18.4 Å². The number of phenols is 1. The highest BCUT2D eigenvalue weighted by Gasteiger charge is 2.27. The molecule has 6 heteroatoms. The van der Waals surface area contributed by atoms with Crippen molar-refractivity contribution in [3.05, 3.63) is 23.8 Å². The molecule has 0 aliphatic carbocycles. The van der Waals surface area contributed by atoms with E-state index in [4.69, 9.17) is 10.5 Å². The summed E-state index contributed by atoms with van der Waals surface area (Å²) in [5, 5.41) is 9.47. The minimum atomic E-state index is -4.22. The van der Waals surface area contributed by atoms with Crippen molar-refractivity contribution in [1.29, 1.82) is 0 Å². The highest BCUT2D eigenvalue weighted by atomic mass is 19.4. The number of alkyl halides is 3. The molecule has 0 aliphatic rings. The van der Waals surface area contributed by atoms with Crippen LogP contribution in [0.3, 0.4) is 0 Å². The van der Waals surface area contributed by atoms with Gasteiger partial charge in [0.15, 0.2) is 11.5 Å². The van der Waals surface area contributed by atoms with Crippen molar-refractivity contribution in [3.8, 4) is 11.5 Å². The summed E-state index contributed by atoms with van der Waals surface area (Å²) in [6.07, 6.45) is -5.37. The summed E-state index contributed by atoms with van der Waals surface area (Å²) in [7, 11) is 1.39. The summed E-state index contributed by atoms with van der Waals surface area (Å²) >= 11 is 0. The Morgan fingerprint density at radius 2 is 2.06 bits per heavy atom. The largest absolute Gasteiger partial charge is 0.504 e. The molecule has 1 aromatic rings. The first-order chi connectivity index (χ1) is 7.83. The summed E-state index contributed by atoms with van der Waals surface area (Å²) in [5.74, 6) is 0.129. The topological polar surface area (TPSA) is 55.5 Å². The number of halogens is 3. The Hall–Kier alpha value is -1.43. The maximum Gasteiger partial charge on any atom is 0.389 e. The Balaban J connectivity index is 2.69. The fourth-order valence-corrected chi connectivity index (χ4v) is 1.42. The van der Waals surface area contributed by atoms with Gasteiger partial charge in [-0.3, -0.25) is 0 Å². The van der Waals surface area contributed by atoms with Crippen LogP contribution < -0.4 is 10.5 Å². The molecule has 3 nitrogen and oxygen atoms in total. The van der Waals surface area contributed by atoms with Crippen LogP contribution in [0.15, 0.2) is 18.2 Å². The number of nitrogens with two attached hydrogens (primary N) is 1. The molecule has 0 saturated carbocycles. The molecule has 0 aromatic heterocycles. The minimum absolute atomic E-state index is 0.132. The van der Waals surface area contributed by atoms with E-state index in [9.17, 15) is 18.3 Å². The van der Waals surface area contributed by atoms with Gasteiger partial charge in [0, 0.05) is 12.5 Å². The van der Waals surface area contributed by atoms with Crippen molar-refractivity contribution >= 4 is 0 Å². The van der Waals surface area contributed by atoms with Crippen LogP contribution in [0.25, 0.3) is 0 Å². The number of aromatic hydroxyl groups is 1. The van der Waals surface area contributed by atoms with Gasteiger partial charge in [0.05, 0.1) is 7.11 Å². The van der Waals surface area contributed by atoms with Gasteiger partial charge in [-0.15, -0.1) is 0 Å². The third kappa shape index (κ3) is 4.14. The van der Waals surface area contributed by atoms with E-state index < -0.39 is 18.6 Å². The quantitative estimate of drug-likeness (QED) is 0.862. The van der Waals surface area contributed by atoms with E-state index in [1.54, 1.807) is 6.07 Å². The van der Waals surface area contributed by atoms with Gasteiger partial charge in [-0.05, 0) is 24.1 Å². The van der Waals surface area contributed by atoms with Crippen molar-refractivity contribution in [1.82, 2.24) is 0 Å². The van der Waals surface area contributed by atoms with Crippen molar-refractivity contribution in [2.75, 3.05) is 7.11 Å². The van der Waals surface area contributed by atoms with Gasteiger partial charge in [0.1, 0.15) is 0 Å². The molecule has 0 amide bonds. The van der Waals surface area contributed by atoms with Crippen molar-refractivity contribution in [2.45, 2.75) is 25.1 Å². The summed E-state index contributed by atoms with van der Waals surface area (Å²) in [6.45, 7) is 0. The van der Waals surface area contributed by atoms with Crippen molar-refractivity contribution in [2.24, 2.45) is 5.73 Å². The van der Waals surface area contributed by atoms with Crippen LogP contribution in [0.2, 0.25) is 0 Å². The molecule has 0 radical (unpaired) electrons. The second-order valence-corrected chi connectivity index (χ2v) is 3.69. The average Bonchev–Trinajstić information content (AvgIpc) is 2.24. The molecule has 0 bridgehead atoms. The van der Waals surface area contributed by atoms with Gasteiger partial charge in [-0.1, -0.05) is 6.07 Å². The van der Waals surface area contributed by atoms with Crippen LogP contribution in [0, 0.1) is 0 Å². The predicted octanol–water partition coefficient (Wildman–Crippen LogP) is 2.74. The van der Waals surface area contributed by atoms with Crippen LogP contribution in [0.4, 0.5) is 13.2 Å². The van der Waals surface area contributed by atoms with Gasteiger partial charge in [-0.25, -0.2) is 0 Å². The Morgan fingerprint density at radius 3 is 2.53 bits per heavy atom. The first kappa shape index (κ1) is 13.6. The molecule has 0 fully saturated rings. The number of phenolic OH excluding ortho intramolecular Hbond substituents is 1. The zero-order chi connectivity index (χ0) is 13.1. The zero-order valence-electron chi connectivity index (χ0n) is 9.29. The van der Waals surface area contributed by atoms with Gasteiger partial charge in [0.25, 0.3) is 0 Å². The number of hydrogen-bond acceptors (Lipinski definition) is 3. The lowest BCUT2D eigenvalue weighted by Gasteiger charge is -2.14. The average molecular weight is 249 g/mol. The minimum Gasteiger partial charge on any atom is -0.504 e. The molecule has 3 N–H and O–H groups in total. The normalized spacial score (nSPS) is 13.5. The van der Waals surface area contributed by atoms with Crippen LogP contribution >= 0.6 is 0 Å². The molecule has 17 heavy (non-hydrogen) atoms. The number of benzene rings is 1. The van der Waals surface area contributed by atoms with E-state index >= 15 is 0 Å². The van der Waals surface area contributed by atoms with E-state index in [0.29, 0.717) is 5.56 Å². The fraction of sp³-hybridized carbons (Fsp3) is 0.455. The number of methoxy groups -OCH3 is 1. The summed E-state index contributed by atoms with van der Waals surface area (Å²) < 4.78 is 40.8. The molecule has 1 atom stereocenters. The number of hydrogen-bond donors (Lipinski definition) is 2. The predicted molar refractivity (Wildman–Crippen MR) is 56.9 cm³/mol. The molecule has 1 rings (SSSR count). The summed E-state index contributed by atoms with van der Waals surface area (Å²) in [4.78, 5) is 0.